The smallest absolute Gasteiger partial charge is 0.145 e. The van der Waals surface area contributed by atoms with Crippen molar-refractivity contribution in [1.29, 1.82) is 0 Å². The first kappa shape index (κ1) is 34.3. The van der Waals surface area contributed by atoms with Crippen LogP contribution in [0.5, 0.6) is 0 Å². The maximum atomic E-state index is 6.96. The molecule has 1 aromatic heterocycles. The van der Waals surface area contributed by atoms with Crippen LogP contribution >= 0.6 is 0 Å². The zero-order valence-corrected chi connectivity index (χ0v) is 31.0. The van der Waals surface area contributed by atoms with Crippen LogP contribution in [-0.2, 0) is 19.3 Å². The highest BCUT2D eigenvalue weighted by atomic mass is 16.3. The van der Waals surface area contributed by atoms with Gasteiger partial charge in [-0.25, -0.2) is 4.99 Å². The van der Waals surface area contributed by atoms with E-state index in [0.717, 1.165) is 65.7 Å². The number of allylic oxidation sites excluding steroid dienone is 5. The summed E-state index contributed by atoms with van der Waals surface area (Å²) in [6.07, 6.45) is 15.0. The molecule has 0 saturated heterocycles. The number of benzene rings is 6. The van der Waals surface area contributed by atoms with Gasteiger partial charge in [-0.15, -0.1) is 0 Å². The number of furan rings is 1. The molecule has 0 spiro atoms. The minimum atomic E-state index is 0.174. The number of nitrogens with zero attached hydrogens (tertiary/aromatic N) is 1. The topological polar surface area (TPSA) is 51.5 Å². The largest absolute Gasteiger partial charge is 0.460 e. The summed E-state index contributed by atoms with van der Waals surface area (Å²) in [6, 6.07) is 54.0. The van der Waals surface area contributed by atoms with Gasteiger partial charge in [-0.05, 0) is 88.8 Å². The number of para-hydroxylation sites is 1. The van der Waals surface area contributed by atoms with Crippen LogP contribution in [0, 0.1) is 0 Å². The van der Waals surface area contributed by atoms with Gasteiger partial charge in [0.05, 0.1) is 11.3 Å². The predicted octanol–water partition coefficient (Wildman–Crippen LogP) is 12.8. The van der Waals surface area contributed by atoms with Crippen LogP contribution in [0.4, 0.5) is 0 Å². The molecule has 7 aromatic rings. The second kappa shape index (κ2) is 15.5. The molecular formula is C52H44N2O. The Bertz CT molecular complexity index is 2600. The molecule has 0 bridgehead atoms. The first-order chi connectivity index (χ1) is 27.2. The molecule has 9 rings (SSSR count). The highest BCUT2D eigenvalue weighted by molar-refractivity contribution is 6.09. The van der Waals surface area contributed by atoms with Gasteiger partial charge in [-0.1, -0.05) is 164 Å². The van der Waals surface area contributed by atoms with Gasteiger partial charge in [-0.3, -0.25) is 0 Å². The predicted molar refractivity (Wildman–Crippen MR) is 230 cm³/mol. The van der Waals surface area contributed by atoms with Crippen LogP contribution in [0.15, 0.2) is 185 Å². The fourth-order valence-corrected chi connectivity index (χ4v) is 8.44. The van der Waals surface area contributed by atoms with Gasteiger partial charge in [-0.2, -0.15) is 0 Å². The Morgan fingerprint density at radius 3 is 2.25 bits per heavy atom. The van der Waals surface area contributed by atoms with Gasteiger partial charge in [0.2, 0.25) is 0 Å². The monoisotopic (exact) mass is 712 g/mol. The molecule has 2 N–H and O–H groups in total. The molecule has 0 fully saturated rings. The molecule has 2 aliphatic rings. The highest BCUT2D eigenvalue weighted by Crippen LogP contribution is 2.44. The van der Waals surface area contributed by atoms with E-state index in [1.165, 1.54) is 56.5 Å². The molecule has 0 saturated carbocycles. The molecule has 1 heterocycles. The van der Waals surface area contributed by atoms with Gasteiger partial charge in [0.25, 0.3) is 0 Å². The quantitative estimate of drug-likeness (QED) is 0.120. The highest BCUT2D eigenvalue weighted by Gasteiger charge is 2.24. The molecule has 2 aliphatic carbocycles. The van der Waals surface area contributed by atoms with Crippen LogP contribution < -0.4 is 5.73 Å². The maximum Gasteiger partial charge on any atom is 0.145 e. The van der Waals surface area contributed by atoms with Crippen LogP contribution in [0.3, 0.4) is 0 Å². The van der Waals surface area contributed by atoms with E-state index < -0.39 is 0 Å². The van der Waals surface area contributed by atoms with Gasteiger partial charge < -0.3 is 10.2 Å². The van der Waals surface area contributed by atoms with Crippen molar-refractivity contribution >= 4 is 28.1 Å². The third kappa shape index (κ3) is 7.02. The zero-order chi connectivity index (χ0) is 37.0. The van der Waals surface area contributed by atoms with Crippen LogP contribution in [-0.4, -0.2) is 5.84 Å². The maximum absolute atomic E-state index is 6.96. The summed E-state index contributed by atoms with van der Waals surface area (Å²) in [5.74, 6) is 1.74. The lowest BCUT2D eigenvalue weighted by atomic mass is 9.78. The van der Waals surface area contributed by atoms with Crippen molar-refractivity contribution in [2.24, 2.45) is 10.7 Å². The summed E-state index contributed by atoms with van der Waals surface area (Å²) < 4.78 is 6.49. The Kier molecular flexibility index (Phi) is 9.67. The number of hydrogen-bond donors (Lipinski definition) is 1. The fraction of sp³-hybridized carbons (Fsp3) is 0.135. The number of aryl methyl sites for hydroxylation is 2. The van der Waals surface area contributed by atoms with E-state index in [2.05, 4.69) is 170 Å². The second-order valence-corrected chi connectivity index (χ2v) is 14.6. The van der Waals surface area contributed by atoms with E-state index >= 15 is 0 Å². The standard InChI is InChI=1S/C52H44N2O/c53-52(48-31-16-30-47-46-29-13-14-32-50(46)55-51(47)48)54-49(34-33-36-17-3-1-4-18-36)39-22-15-21-38(35-39)41-24-8-10-26-43(41)45-28-12-11-27-44(45)42-25-9-7-23-40(42)37-19-5-2-6-20-37/h1-12,15-25,27-28,30-31,34-35,43H,13-14,26,29,32-33H2,(H2,53,54)/b49-34-. The summed E-state index contributed by atoms with van der Waals surface area (Å²) in [4.78, 5) is 5.21. The molecular weight excluding hydrogens is 669 g/mol. The van der Waals surface area contributed by atoms with E-state index in [1.54, 1.807) is 0 Å². The van der Waals surface area contributed by atoms with Crippen molar-refractivity contribution in [1.82, 2.24) is 0 Å². The number of nitrogens with two attached hydrogens (primary N) is 1. The van der Waals surface area contributed by atoms with Gasteiger partial charge in [0.15, 0.2) is 0 Å². The van der Waals surface area contributed by atoms with Crippen molar-refractivity contribution in [2.75, 3.05) is 0 Å². The minimum absolute atomic E-state index is 0.174. The first-order valence-electron chi connectivity index (χ1n) is 19.5. The van der Waals surface area contributed by atoms with E-state index in [1.807, 2.05) is 6.07 Å². The molecule has 55 heavy (non-hydrogen) atoms. The number of rotatable bonds is 9. The third-order valence-corrected chi connectivity index (χ3v) is 11.2. The summed E-state index contributed by atoms with van der Waals surface area (Å²) in [6.45, 7) is 0. The van der Waals surface area contributed by atoms with E-state index in [-0.39, 0.29) is 5.92 Å². The normalized spacial score (nSPS) is 15.9. The average molecular weight is 713 g/mol. The van der Waals surface area contributed by atoms with Gasteiger partial charge in [0, 0.05) is 28.9 Å². The van der Waals surface area contributed by atoms with E-state index in [4.69, 9.17) is 15.1 Å². The molecule has 3 heteroatoms. The van der Waals surface area contributed by atoms with Crippen molar-refractivity contribution in [3.05, 3.63) is 215 Å². The number of fused-ring (bicyclic) bond motifs is 3. The second-order valence-electron chi connectivity index (χ2n) is 14.6. The van der Waals surface area contributed by atoms with Crippen LogP contribution in [0.1, 0.15) is 64.3 Å². The Morgan fingerprint density at radius 1 is 0.691 bits per heavy atom. The average Bonchev–Trinajstić information content (AvgIpc) is 3.65. The van der Waals surface area contributed by atoms with Crippen molar-refractivity contribution in [3.63, 3.8) is 0 Å². The van der Waals surface area contributed by atoms with Crippen molar-refractivity contribution in [2.45, 2.75) is 44.4 Å². The fourth-order valence-electron chi connectivity index (χ4n) is 8.44. The van der Waals surface area contributed by atoms with Crippen LogP contribution in [0.25, 0.3) is 44.5 Å². The van der Waals surface area contributed by atoms with Gasteiger partial charge in [0.1, 0.15) is 17.2 Å². The number of amidine groups is 1. The molecule has 3 nitrogen and oxygen atoms in total. The summed E-state index contributed by atoms with van der Waals surface area (Å²) >= 11 is 0. The van der Waals surface area contributed by atoms with E-state index in [0.29, 0.717) is 5.84 Å². The lowest BCUT2D eigenvalue weighted by molar-refractivity contribution is 0.505. The molecule has 0 radical (unpaired) electrons. The lowest BCUT2D eigenvalue weighted by Crippen LogP contribution is -2.14. The Labute approximate surface area is 323 Å². The number of aliphatic imine (C=N–C) groups is 1. The molecule has 268 valence electrons. The number of hydrogen-bond acceptors (Lipinski definition) is 2. The Balaban J connectivity index is 1.11. The third-order valence-electron chi connectivity index (χ3n) is 11.2. The van der Waals surface area contributed by atoms with Gasteiger partial charge >= 0.3 is 0 Å². The van der Waals surface area contributed by atoms with Crippen molar-refractivity contribution < 1.29 is 4.42 Å². The minimum Gasteiger partial charge on any atom is -0.460 e. The Morgan fingerprint density at radius 2 is 1.40 bits per heavy atom. The molecule has 6 aromatic carbocycles. The van der Waals surface area contributed by atoms with Crippen LogP contribution in [0.2, 0.25) is 0 Å². The molecule has 1 unspecified atom stereocenters. The van der Waals surface area contributed by atoms with Crippen molar-refractivity contribution in [3.8, 4) is 22.3 Å². The summed E-state index contributed by atoms with van der Waals surface area (Å²) in [7, 11) is 0. The Hall–Kier alpha value is -6.45. The zero-order valence-electron chi connectivity index (χ0n) is 31.0. The first-order valence-corrected chi connectivity index (χ1v) is 19.5. The van der Waals surface area contributed by atoms with E-state index in [9.17, 15) is 0 Å². The lowest BCUT2D eigenvalue weighted by Gasteiger charge is -2.26. The molecule has 1 atom stereocenters. The summed E-state index contributed by atoms with van der Waals surface area (Å²) in [5, 5.41) is 1.16. The molecule has 0 amide bonds. The molecule has 0 aliphatic heterocycles. The summed E-state index contributed by atoms with van der Waals surface area (Å²) in [5.41, 5.74) is 21.8. The SMILES string of the molecule is N/C(=N\C(=C/Cc1ccccc1)c1cccc(C2=CC=CCC2c2ccccc2-c2ccccc2-c2ccccc2)c1)c1cccc2c3c(oc12)CCCC3.